The molecule has 0 radical (unpaired) electrons. The number of alkyl halides is 1. The molecule has 0 aliphatic heterocycles. The van der Waals surface area contributed by atoms with Gasteiger partial charge in [0.25, 0.3) is 0 Å². The van der Waals surface area contributed by atoms with Gasteiger partial charge >= 0.3 is 0 Å². The van der Waals surface area contributed by atoms with Gasteiger partial charge in [-0.1, -0.05) is 28.1 Å². The molecule has 0 N–H and O–H groups in total. The second kappa shape index (κ2) is 4.62. The fraction of sp³-hybridized carbons (Fsp3) is 0.182. The highest BCUT2D eigenvalue weighted by atomic mass is 79.9. The predicted octanol–water partition coefficient (Wildman–Crippen LogP) is 2.17. The summed E-state index contributed by atoms with van der Waals surface area (Å²) in [4.78, 5) is 0.224. The van der Waals surface area contributed by atoms with Crippen LogP contribution in [-0.4, -0.2) is 24.5 Å². The number of nitrogens with zero attached hydrogens (tertiary/aromatic N) is 2. The van der Waals surface area contributed by atoms with Crippen LogP contribution in [0.3, 0.4) is 0 Å². The molecule has 0 spiro atoms. The quantitative estimate of drug-likeness (QED) is 0.816. The second-order valence-corrected chi connectivity index (χ2v) is 6.27. The summed E-state index contributed by atoms with van der Waals surface area (Å²) in [5, 5.41) is 4.83. The Labute approximate surface area is 108 Å². The van der Waals surface area contributed by atoms with E-state index in [4.69, 9.17) is 0 Å². The van der Waals surface area contributed by atoms with Crippen LogP contribution in [0.5, 0.6) is 0 Å². The van der Waals surface area contributed by atoms with Crippen molar-refractivity contribution in [3.63, 3.8) is 0 Å². The standard InChI is InChI=1S/C11H11BrN2O2S/c1-17(15,16)11-7-13-14(8-11)10-4-2-9(6-12)3-5-10/h2-5,7-8H,6H2,1H3. The maximum absolute atomic E-state index is 11.3. The van der Waals surface area contributed by atoms with E-state index in [1.165, 1.54) is 18.6 Å². The average molecular weight is 315 g/mol. The lowest BCUT2D eigenvalue weighted by Crippen LogP contribution is -1.96. The normalized spacial score (nSPS) is 11.6. The fourth-order valence-corrected chi connectivity index (χ4v) is 2.28. The molecule has 0 aliphatic carbocycles. The van der Waals surface area contributed by atoms with Crippen molar-refractivity contribution in [2.45, 2.75) is 10.2 Å². The topological polar surface area (TPSA) is 52.0 Å². The lowest BCUT2D eigenvalue weighted by Gasteiger charge is -2.01. The van der Waals surface area contributed by atoms with Crippen LogP contribution < -0.4 is 0 Å². The van der Waals surface area contributed by atoms with Gasteiger partial charge in [0, 0.05) is 17.8 Å². The van der Waals surface area contributed by atoms with Crippen LogP contribution in [0.4, 0.5) is 0 Å². The first kappa shape index (κ1) is 12.3. The molecule has 4 nitrogen and oxygen atoms in total. The summed E-state index contributed by atoms with van der Waals surface area (Å²) in [7, 11) is -3.19. The molecular weight excluding hydrogens is 304 g/mol. The zero-order chi connectivity index (χ0) is 12.5. The van der Waals surface area contributed by atoms with Crippen LogP contribution in [0.25, 0.3) is 5.69 Å². The van der Waals surface area contributed by atoms with Crippen molar-refractivity contribution in [2.24, 2.45) is 0 Å². The highest BCUT2D eigenvalue weighted by Gasteiger charge is 2.10. The molecule has 2 aromatic rings. The number of benzene rings is 1. The molecule has 0 amide bonds. The van der Waals surface area contributed by atoms with Crippen molar-refractivity contribution < 1.29 is 8.42 Å². The Kier molecular flexibility index (Phi) is 3.35. The minimum atomic E-state index is -3.19. The molecule has 1 heterocycles. The van der Waals surface area contributed by atoms with Gasteiger partial charge in [0.1, 0.15) is 4.90 Å². The van der Waals surface area contributed by atoms with Crippen molar-refractivity contribution in [1.29, 1.82) is 0 Å². The molecule has 0 bridgehead atoms. The first-order chi connectivity index (χ1) is 8.00. The van der Waals surface area contributed by atoms with Crippen molar-refractivity contribution in [1.82, 2.24) is 9.78 Å². The van der Waals surface area contributed by atoms with E-state index in [1.807, 2.05) is 24.3 Å². The minimum Gasteiger partial charge on any atom is -0.240 e. The molecular formula is C11H11BrN2O2S. The van der Waals surface area contributed by atoms with Crippen molar-refractivity contribution >= 4 is 25.8 Å². The monoisotopic (exact) mass is 314 g/mol. The van der Waals surface area contributed by atoms with Crippen LogP contribution >= 0.6 is 15.9 Å². The molecule has 0 saturated carbocycles. The van der Waals surface area contributed by atoms with Gasteiger partial charge in [-0.3, -0.25) is 0 Å². The Bertz CT molecular complexity index is 617. The van der Waals surface area contributed by atoms with Crippen molar-refractivity contribution in [3.8, 4) is 5.69 Å². The summed E-state index contributed by atoms with van der Waals surface area (Å²) in [6, 6.07) is 7.73. The smallest absolute Gasteiger partial charge is 0.178 e. The molecule has 0 aliphatic rings. The van der Waals surface area contributed by atoms with Gasteiger partial charge < -0.3 is 0 Å². The summed E-state index contributed by atoms with van der Waals surface area (Å²) < 4.78 is 24.2. The summed E-state index contributed by atoms with van der Waals surface area (Å²) in [6.07, 6.45) is 4.04. The highest BCUT2D eigenvalue weighted by Crippen LogP contribution is 2.14. The van der Waals surface area contributed by atoms with E-state index in [2.05, 4.69) is 21.0 Å². The maximum atomic E-state index is 11.3. The third-order valence-electron chi connectivity index (χ3n) is 2.34. The third kappa shape index (κ3) is 2.76. The van der Waals surface area contributed by atoms with Crippen LogP contribution in [0.1, 0.15) is 5.56 Å². The Morgan fingerprint density at radius 1 is 1.29 bits per heavy atom. The molecule has 0 saturated heterocycles. The van der Waals surface area contributed by atoms with Crippen LogP contribution in [0.15, 0.2) is 41.6 Å². The Balaban J connectivity index is 2.37. The van der Waals surface area contributed by atoms with E-state index >= 15 is 0 Å². The molecule has 0 fully saturated rings. The number of sulfone groups is 1. The Morgan fingerprint density at radius 2 is 1.94 bits per heavy atom. The highest BCUT2D eigenvalue weighted by molar-refractivity contribution is 9.08. The minimum absolute atomic E-state index is 0.224. The third-order valence-corrected chi connectivity index (χ3v) is 4.06. The van der Waals surface area contributed by atoms with Gasteiger partial charge in [0.2, 0.25) is 0 Å². The molecule has 6 heteroatoms. The number of hydrogen-bond donors (Lipinski definition) is 0. The largest absolute Gasteiger partial charge is 0.240 e. The lowest BCUT2D eigenvalue weighted by molar-refractivity contribution is 0.602. The number of rotatable bonds is 3. The first-order valence-electron chi connectivity index (χ1n) is 4.91. The molecule has 90 valence electrons. The van der Waals surface area contributed by atoms with Gasteiger partial charge in [-0.05, 0) is 17.7 Å². The summed E-state index contributed by atoms with van der Waals surface area (Å²) >= 11 is 3.37. The van der Waals surface area contributed by atoms with Crippen LogP contribution in [0, 0.1) is 0 Å². The van der Waals surface area contributed by atoms with Gasteiger partial charge in [-0.15, -0.1) is 0 Å². The maximum Gasteiger partial charge on any atom is 0.178 e. The predicted molar refractivity (Wildman–Crippen MR) is 69.3 cm³/mol. The first-order valence-corrected chi connectivity index (χ1v) is 7.92. The average Bonchev–Trinajstić information content (AvgIpc) is 2.78. The molecule has 0 unspecified atom stereocenters. The van der Waals surface area contributed by atoms with E-state index < -0.39 is 9.84 Å². The van der Waals surface area contributed by atoms with Crippen LogP contribution in [0.2, 0.25) is 0 Å². The Hall–Kier alpha value is -1.14. The zero-order valence-electron chi connectivity index (χ0n) is 9.17. The molecule has 1 aromatic carbocycles. The fourth-order valence-electron chi connectivity index (χ4n) is 1.38. The molecule has 1 aromatic heterocycles. The van der Waals surface area contributed by atoms with E-state index in [0.29, 0.717) is 0 Å². The van der Waals surface area contributed by atoms with E-state index in [1.54, 1.807) is 4.68 Å². The van der Waals surface area contributed by atoms with Crippen molar-refractivity contribution in [2.75, 3.05) is 6.26 Å². The Morgan fingerprint density at radius 3 is 2.41 bits per heavy atom. The second-order valence-electron chi connectivity index (χ2n) is 3.69. The van der Waals surface area contributed by atoms with Crippen LogP contribution in [-0.2, 0) is 15.2 Å². The van der Waals surface area contributed by atoms with Gasteiger partial charge in [-0.2, -0.15) is 5.10 Å². The molecule has 2 rings (SSSR count). The van der Waals surface area contributed by atoms with Crippen molar-refractivity contribution in [3.05, 3.63) is 42.2 Å². The number of hydrogen-bond acceptors (Lipinski definition) is 3. The molecule has 17 heavy (non-hydrogen) atoms. The zero-order valence-corrected chi connectivity index (χ0v) is 11.6. The summed E-state index contributed by atoms with van der Waals surface area (Å²) in [5.74, 6) is 0. The summed E-state index contributed by atoms with van der Waals surface area (Å²) in [6.45, 7) is 0. The number of aromatic nitrogens is 2. The SMILES string of the molecule is CS(=O)(=O)c1cnn(-c2ccc(CBr)cc2)c1. The van der Waals surface area contributed by atoms with Gasteiger partial charge in [0.15, 0.2) is 9.84 Å². The lowest BCUT2D eigenvalue weighted by atomic mass is 10.2. The molecule has 0 atom stereocenters. The van der Waals surface area contributed by atoms with Gasteiger partial charge in [-0.25, -0.2) is 13.1 Å². The number of halogens is 1. The summed E-state index contributed by atoms with van der Waals surface area (Å²) in [5.41, 5.74) is 1.99. The van der Waals surface area contributed by atoms with E-state index in [0.717, 1.165) is 16.6 Å². The van der Waals surface area contributed by atoms with E-state index in [-0.39, 0.29) is 4.90 Å². The van der Waals surface area contributed by atoms with Gasteiger partial charge in [0.05, 0.1) is 11.9 Å². The van der Waals surface area contributed by atoms with E-state index in [9.17, 15) is 8.42 Å².